The molecule has 0 radical (unpaired) electrons. The van der Waals surface area contributed by atoms with E-state index in [1.165, 1.54) is 6.92 Å². The van der Waals surface area contributed by atoms with Gasteiger partial charge in [-0.15, -0.1) is 0 Å². The van der Waals surface area contributed by atoms with Gasteiger partial charge in [0.2, 0.25) is 5.91 Å². The molecule has 0 unspecified atom stereocenters. The molecule has 1 aromatic carbocycles. The first kappa shape index (κ1) is 11.6. The average molecular weight is 233 g/mol. The van der Waals surface area contributed by atoms with Gasteiger partial charge < -0.3 is 10.0 Å². The Kier molecular flexibility index (Phi) is 2.88. The number of amides is 1. The molecule has 1 aliphatic rings. The van der Waals surface area contributed by atoms with Crippen LogP contribution in [0, 0.1) is 6.92 Å². The van der Waals surface area contributed by atoms with Crippen molar-refractivity contribution in [1.29, 1.82) is 0 Å². The number of anilines is 1. The highest BCUT2D eigenvalue weighted by Gasteiger charge is 2.26. The Morgan fingerprint density at radius 2 is 2.06 bits per heavy atom. The van der Waals surface area contributed by atoms with Crippen LogP contribution in [-0.4, -0.2) is 23.5 Å². The topological polar surface area (TPSA) is 57.6 Å². The Balaban J connectivity index is 2.68. The predicted octanol–water partition coefficient (Wildman–Crippen LogP) is 1.99. The molecule has 0 fully saturated rings. The molecule has 0 bridgehead atoms. The van der Waals surface area contributed by atoms with Crippen molar-refractivity contribution >= 4 is 17.6 Å². The smallest absolute Gasteiger partial charge is 0.338 e. The molecule has 90 valence electrons. The monoisotopic (exact) mass is 233 g/mol. The van der Waals surface area contributed by atoms with Crippen molar-refractivity contribution in [1.82, 2.24) is 0 Å². The highest BCUT2D eigenvalue weighted by atomic mass is 16.4. The lowest BCUT2D eigenvalue weighted by Gasteiger charge is -2.30. The first-order chi connectivity index (χ1) is 8.02. The van der Waals surface area contributed by atoms with Gasteiger partial charge in [0.05, 0.1) is 11.3 Å². The van der Waals surface area contributed by atoms with Crippen LogP contribution >= 0.6 is 0 Å². The molecule has 1 N–H and O–H groups in total. The van der Waals surface area contributed by atoms with Gasteiger partial charge in [0.25, 0.3) is 0 Å². The Morgan fingerprint density at radius 1 is 1.35 bits per heavy atom. The minimum Gasteiger partial charge on any atom is -0.478 e. The van der Waals surface area contributed by atoms with E-state index >= 15 is 0 Å². The molecule has 17 heavy (non-hydrogen) atoms. The number of benzene rings is 1. The highest BCUT2D eigenvalue weighted by molar-refractivity contribution is 6.03. The fourth-order valence-corrected chi connectivity index (χ4v) is 2.37. The number of hydrogen-bond acceptors (Lipinski definition) is 2. The minimum atomic E-state index is -0.965. The van der Waals surface area contributed by atoms with Gasteiger partial charge >= 0.3 is 5.97 Å². The lowest BCUT2D eigenvalue weighted by molar-refractivity contribution is -0.116. The van der Waals surface area contributed by atoms with Crippen LogP contribution in [0.25, 0.3) is 0 Å². The van der Waals surface area contributed by atoms with Crippen molar-refractivity contribution < 1.29 is 14.7 Å². The summed E-state index contributed by atoms with van der Waals surface area (Å²) in [6.07, 6.45) is 1.72. The third kappa shape index (κ3) is 1.90. The second-order valence-corrected chi connectivity index (χ2v) is 4.34. The highest BCUT2D eigenvalue weighted by Crippen LogP contribution is 2.33. The van der Waals surface area contributed by atoms with Gasteiger partial charge in [-0.1, -0.05) is 12.1 Å². The van der Waals surface area contributed by atoms with Crippen LogP contribution in [0.5, 0.6) is 0 Å². The quantitative estimate of drug-likeness (QED) is 0.807. The van der Waals surface area contributed by atoms with Crippen LogP contribution in [0.1, 0.15) is 34.8 Å². The molecule has 1 aliphatic heterocycles. The van der Waals surface area contributed by atoms with E-state index in [4.69, 9.17) is 0 Å². The largest absolute Gasteiger partial charge is 0.478 e. The van der Waals surface area contributed by atoms with Crippen molar-refractivity contribution in [2.24, 2.45) is 0 Å². The first-order valence-corrected chi connectivity index (χ1v) is 5.66. The normalized spacial score (nSPS) is 14.4. The molecular formula is C13H15NO3. The summed E-state index contributed by atoms with van der Waals surface area (Å²) >= 11 is 0. The fourth-order valence-electron chi connectivity index (χ4n) is 2.37. The summed E-state index contributed by atoms with van der Waals surface area (Å²) in [6, 6.07) is 3.73. The van der Waals surface area contributed by atoms with E-state index in [0.717, 1.165) is 18.4 Å². The zero-order chi connectivity index (χ0) is 12.6. The first-order valence-electron chi connectivity index (χ1n) is 5.66. The molecule has 1 heterocycles. The molecule has 1 aromatic rings. The van der Waals surface area contributed by atoms with Gasteiger partial charge in [-0.05, 0) is 30.9 Å². The minimum absolute atomic E-state index is 0.0981. The molecule has 0 saturated heterocycles. The molecule has 0 aliphatic carbocycles. The van der Waals surface area contributed by atoms with E-state index in [0.29, 0.717) is 17.8 Å². The maximum absolute atomic E-state index is 11.6. The SMILES string of the molecule is CC(=O)N1CCCc2ccc(C)c(C(=O)O)c21. The standard InChI is InChI=1S/C13H15NO3/c1-8-5-6-10-4-3-7-14(9(2)15)12(10)11(8)13(16)17/h5-6H,3-4,7H2,1-2H3,(H,16,17). The van der Waals surface area contributed by atoms with Crippen LogP contribution in [0.2, 0.25) is 0 Å². The summed E-state index contributed by atoms with van der Waals surface area (Å²) in [6.45, 7) is 3.84. The number of carbonyl (C=O) groups excluding carboxylic acids is 1. The van der Waals surface area contributed by atoms with Gasteiger partial charge in [0.1, 0.15) is 0 Å². The van der Waals surface area contributed by atoms with Crippen molar-refractivity contribution in [3.63, 3.8) is 0 Å². The summed E-state index contributed by atoms with van der Waals surface area (Å²) in [4.78, 5) is 24.5. The Labute approximate surface area is 99.9 Å². The predicted molar refractivity (Wildman–Crippen MR) is 64.5 cm³/mol. The molecule has 0 spiro atoms. The summed E-state index contributed by atoms with van der Waals surface area (Å²) in [5, 5.41) is 9.28. The summed E-state index contributed by atoms with van der Waals surface area (Å²) in [5.41, 5.74) is 2.51. The second kappa shape index (κ2) is 4.20. The molecular weight excluding hydrogens is 218 g/mol. The second-order valence-electron chi connectivity index (χ2n) is 4.34. The van der Waals surface area contributed by atoms with Gasteiger partial charge in [-0.25, -0.2) is 4.79 Å². The van der Waals surface area contributed by atoms with Gasteiger partial charge in [-0.3, -0.25) is 4.79 Å². The molecule has 1 amide bonds. The number of aromatic carboxylic acids is 1. The van der Waals surface area contributed by atoms with Crippen LogP contribution in [0.15, 0.2) is 12.1 Å². The number of nitrogens with zero attached hydrogens (tertiary/aromatic N) is 1. The Hall–Kier alpha value is -1.84. The van der Waals surface area contributed by atoms with Crippen molar-refractivity contribution in [3.05, 3.63) is 28.8 Å². The van der Waals surface area contributed by atoms with E-state index in [1.54, 1.807) is 11.8 Å². The van der Waals surface area contributed by atoms with Crippen molar-refractivity contribution in [2.45, 2.75) is 26.7 Å². The van der Waals surface area contributed by atoms with E-state index in [1.807, 2.05) is 12.1 Å². The Morgan fingerprint density at radius 3 is 2.65 bits per heavy atom. The van der Waals surface area contributed by atoms with Crippen molar-refractivity contribution in [2.75, 3.05) is 11.4 Å². The Bertz CT molecular complexity index is 494. The van der Waals surface area contributed by atoms with Crippen molar-refractivity contribution in [3.8, 4) is 0 Å². The molecule has 0 saturated carbocycles. The fraction of sp³-hybridized carbons (Fsp3) is 0.385. The number of carboxylic acids is 1. The van der Waals surface area contributed by atoms with E-state index in [-0.39, 0.29) is 11.5 Å². The number of carboxylic acid groups (broad SMARTS) is 1. The number of aryl methyl sites for hydroxylation is 2. The van der Waals surface area contributed by atoms with Crippen LogP contribution < -0.4 is 4.90 Å². The van der Waals surface area contributed by atoms with E-state index < -0.39 is 5.97 Å². The third-order valence-electron chi connectivity index (χ3n) is 3.16. The third-order valence-corrected chi connectivity index (χ3v) is 3.16. The molecule has 4 nitrogen and oxygen atoms in total. The number of fused-ring (bicyclic) bond motifs is 1. The zero-order valence-corrected chi connectivity index (χ0v) is 9.99. The van der Waals surface area contributed by atoms with Crippen LogP contribution in [-0.2, 0) is 11.2 Å². The lowest BCUT2D eigenvalue weighted by atomic mass is 9.94. The van der Waals surface area contributed by atoms with E-state index in [9.17, 15) is 14.7 Å². The van der Waals surface area contributed by atoms with Gasteiger partial charge in [-0.2, -0.15) is 0 Å². The maximum atomic E-state index is 11.6. The molecule has 2 rings (SSSR count). The average Bonchev–Trinajstić information content (AvgIpc) is 2.27. The lowest BCUT2D eigenvalue weighted by Crippen LogP contribution is -2.35. The maximum Gasteiger partial charge on any atom is 0.338 e. The van der Waals surface area contributed by atoms with E-state index in [2.05, 4.69) is 0 Å². The zero-order valence-electron chi connectivity index (χ0n) is 9.99. The number of rotatable bonds is 1. The van der Waals surface area contributed by atoms with Gasteiger partial charge in [0, 0.05) is 13.5 Å². The molecule has 0 aromatic heterocycles. The summed E-state index contributed by atoms with van der Waals surface area (Å²) < 4.78 is 0. The molecule has 0 atom stereocenters. The van der Waals surface area contributed by atoms with Crippen LogP contribution in [0.3, 0.4) is 0 Å². The number of hydrogen-bond donors (Lipinski definition) is 1. The molecule has 4 heteroatoms. The number of carbonyl (C=O) groups is 2. The van der Waals surface area contributed by atoms with Gasteiger partial charge in [0.15, 0.2) is 0 Å². The van der Waals surface area contributed by atoms with Crippen LogP contribution in [0.4, 0.5) is 5.69 Å². The summed E-state index contributed by atoms with van der Waals surface area (Å²) in [7, 11) is 0. The summed E-state index contributed by atoms with van der Waals surface area (Å²) in [5.74, 6) is -1.06.